The molecule has 0 saturated carbocycles. The SMILES string of the molecule is CCC(C)(C)C1CCc2c(sc(NC(=O)CSc3nnc(COc4ccc(C)cc4C)n3C)c2C#N)C1. The van der Waals surface area contributed by atoms with Gasteiger partial charge >= 0.3 is 0 Å². The summed E-state index contributed by atoms with van der Waals surface area (Å²) in [4.78, 5) is 14.1. The third-order valence-corrected chi connectivity index (χ3v) is 9.78. The van der Waals surface area contributed by atoms with Crippen molar-refractivity contribution in [3.8, 4) is 11.8 Å². The molecule has 1 N–H and O–H groups in total. The zero-order valence-corrected chi connectivity index (χ0v) is 24.1. The van der Waals surface area contributed by atoms with Crippen LogP contribution in [0.4, 0.5) is 5.00 Å². The lowest BCUT2D eigenvalue weighted by Crippen LogP contribution is -2.28. The summed E-state index contributed by atoms with van der Waals surface area (Å²) in [5, 5.41) is 22.6. The molecule has 1 amide bonds. The Labute approximate surface area is 227 Å². The maximum atomic E-state index is 12.8. The summed E-state index contributed by atoms with van der Waals surface area (Å²) in [5.74, 6) is 2.13. The minimum absolute atomic E-state index is 0.151. The van der Waals surface area contributed by atoms with Crippen molar-refractivity contribution in [1.29, 1.82) is 5.26 Å². The zero-order chi connectivity index (χ0) is 26.7. The molecule has 1 atom stereocenters. The summed E-state index contributed by atoms with van der Waals surface area (Å²) >= 11 is 2.89. The van der Waals surface area contributed by atoms with Crippen LogP contribution in [-0.4, -0.2) is 26.4 Å². The van der Waals surface area contributed by atoms with Crippen molar-refractivity contribution in [2.24, 2.45) is 18.4 Å². The fourth-order valence-corrected chi connectivity index (χ4v) is 6.76. The molecule has 1 unspecified atom stereocenters. The smallest absolute Gasteiger partial charge is 0.235 e. The molecule has 0 radical (unpaired) electrons. The van der Waals surface area contributed by atoms with Crippen LogP contribution >= 0.6 is 23.1 Å². The minimum atomic E-state index is -0.151. The van der Waals surface area contributed by atoms with Gasteiger partial charge in [-0.15, -0.1) is 21.5 Å². The highest BCUT2D eigenvalue weighted by Crippen LogP contribution is 2.45. The van der Waals surface area contributed by atoms with Gasteiger partial charge in [0.25, 0.3) is 0 Å². The Morgan fingerprint density at radius 3 is 2.84 bits per heavy atom. The average Bonchev–Trinajstić information content (AvgIpc) is 3.40. The van der Waals surface area contributed by atoms with Crippen LogP contribution in [0.5, 0.6) is 5.75 Å². The van der Waals surface area contributed by atoms with Gasteiger partial charge < -0.3 is 14.6 Å². The Balaban J connectivity index is 1.36. The molecule has 0 spiro atoms. The highest BCUT2D eigenvalue weighted by atomic mass is 32.2. The van der Waals surface area contributed by atoms with Crippen molar-refractivity contribution >= 4 is 34.0 Å². The molecule has 196 valence electrons. The van der Waals surface area contributed by atoms with Gasteiger partial charge in [0.05, 0.1) is 11.3 Å². The van der Waals surface area contributed by atoms with Crippen LogP contribution in [0.2, 0.25) is 0 Å². The first kappa shape index (κ1) is 27.2. The van der Waals surface area contributed by atoms with E-state index in [9.17, 15) is 10.1 Å². The molecular weight excluding hydrogens is 502 g/mol. The number of thioether (sulfide) groups is 1. The molecule has 2 heterocycles. The number of ether oxygens (including phenoxy) is 1. The second-order valence-electron chi connectivity index (χ2n) is 10.5. The molecule has 0 saturated heterocycles. The maximum absolute atomic E-state index is 12.8. The predicted octanol–water partition coefficient (Wildman–Crippen LogP) is 6.22. The lowest BCUT2D eigenvalue weighted by Gasteiger charge is -2.36. The van der Waals surface area contributed by atoms with Gasteiger partial charge in [-0.1, -0.05) is 56.7 Å². The maximum Gasteiger partial charge on any atom is 0.235 e. The number of nitriles is 1. The molecule has 4 rings (SSSR count). The van der Waals surface area contributed by atoms with E-state index in [4.69, 9.17) is 4.74 Å². The first-order chi connectivity index (χ1) is 17.6. The molecule has 0 bridgehead atoms. The Hall–Kier alpha value is -2.83. The van der Waals surface area contributed by atoms with Crippen LogP contribution in [0.1, 0.15) is 66.6 Å². The number of hydrogen-bond acceptors (Lipinski definition) is 7. The summed E-state index contributed by atoms with van der Waals surface area (Å²) in [6, 6.07) is 8.41. The van der Waals surface area contributed by atoms with Crippen LogP contribution < -0.4 is 10.1 Å². The van der Waals surface area contributed by atoms with Gasteiger partial charge in [0.15, 0.2) is 11.0 Å². The third-order valence-electron chi connectivity index (χ3n) is 7.59. The number of hydrogen-bond donors (Lipinski definition) is 1. The van der Waals surface area contributed by atoms with Crippen LogP contribution in [-0.2, 0) is 31.3 Å². The van der Waals surface area contributed by atoms with E-state index >= 15 is 0 Å². The highest BCUT2D eigenvalue weighted by Gasteiger charge is 2.34. The van der Waals surface area contributed by atoms with Crippen molar-refractivity contribution < 1.29 is 9.53 Å². The predicted molar refractivity (Wildman–Crippen MR) is 149 cm³/mol. The number of fused-ring (bicyclic) bond motifs is 1. The molecule has 37 heavy (non-hydrogen) atoms. The first-order valence-electron chi connectivity index (χ1n) is 12.7. The molecule has 0 fully saturated rings. The summed E-state index contributed by atoms with van der Waals surface area (Å²) in [6.45, 7) is 11.3. The highest BCUT2D eigenvalue weighted by molar-refractivity contribution is 7.99. The number of aromatic nitrogens is 3. The number of carbonyl (C=O) groups is 1. The van der Waals surface area contributed by atoms with Crippen LogP contribution in [0, 0.1) is 36.5 Å². The van der Waals surface area contributed by atoms with Gasteiger partial charge in [-0.2, -0.15) is 5.26 Å². The van der Waals surface area contributed by atoms with E-state index in [0.29, 0.717) is 34.1 Å². The molecule has 1 aliphatic carbocycles. The fourth-order valence-electron chi connectivity index (χ4n) is 4.74. The van der Waals surface area contributed by atoms with E-state index in [-0.39, 0.29) is 17.1 Å². The van der Waals surface area contributed by atoms with Crippen molar-refractivity contribution in [2.45, 2.75) is 72.1 Å². The molecule has 1 aromatic carbocycles. The van der Waals surface area contributed by atoms with Crippen LogP contribution in [0.3, 0.4) is 0 Å². The van der Waals surface area contributed by atoms with Crippen LogP contribution in [0.25, 0.3) is 0 Å². The fraction of sp³-hybridized carbons (Fsp3) is 0.500. The normalized spacial score (nSPS) is 15.2. The number of amides is 1. The van der Waals surface area contributed by atoms with Gasteiger partial charge in [0, 0.05) is 11.9 Å². The Bertz CT molecular complexity index is 1340. The number of anilines is 1. The largest absolute Gasteiger partial charge is 0.485 e. The summed E-state index contributed by atoms with van der Waals surface area (Å²) in [7, 11) is 1.87. The van der Waals surface area contributed by atoms with Gasteiger partial charge in [0.1, 0.15) is 23.4 Å². The van der Waals surface area contributed by atoms with Crippen molar-refractivity contribution in [2.75, 3.05) is 11.1 Å². The summed E-state index contributed by atoms with van der Waals surface area (Å²) in [6.07, 6.45) is 4.10. The van der Waals surface area contributed by atoms with Crippen LogP contribution in [0.15, 0.2) is 23.4 Å². The van der Waals surface area contributed by atoms with Crippen molar-refractivity contribution in [3.05, 3.63) is 51.2 Å². The van der Waals surface area contributed by atoms with Gasteiger partial charge in [-0.3, -0.25) is 4.79 Å². The summed E-state index contributed by atoms with van der Waals surface area (Å²) < 4.78 is 7.79. The number of benzene rings is 1. The number of aryl methyl sites for hydroxylation is 2. The monoisotopic (exact) mass is 537 g/mol. The Morgan fingerprint density at radius 2 is 2.14 bits per heavy atom. The van der Waals surface area contributed by atoms with Gasteiger partial charge in [-0.25, -0.2) is 0 Å². The topological polar surface area (TPSA) is 92.8 Å². The van der Waals surface area contributed by atoms with E-state index in [2.05, 4.69) is 55.3 Å². The third kappa shape index (κ3) is 6.02. The molecule has 3 aromatic rings. The molecular formula is C28H35N5O2S2. The van der Waals surface area contributed by atoms with E-state index < -0.39 is 0 Å². The zero-order valence-electron chi connectivity index (χ0n) is 22.5. The number of nitrogens with zero attached hydrogens (tertiary/aromatic N) is 4. The average molecular weight is 538 g/mol. The van der Waals surface area contributed by atoms with E-state index in [1.807, 2.05) is 30.7 Å². The standard InChI is InChI=1S/C28H35N5O2S2/c1-7-28(4,5)19-9-10-20-21(14-29)26(37-23(20)13-19)30-25(34)16-36-27-32-31-24(33(27)6)15-35-22-11-8-17(2)12-18(22)3/h8,11-12,19H,7,9-10,13,15-16H2,1-6H3,(H,30,34). The van der Waals surface area contributed by atoms with Crippen molar-refractivity contribution in [3.63, 3.8) is 0 Å². The van der Waals surface area contributed by atoms with Gasteiger partial charge in [-0.05, 0) is 61.6 Å². The van der Waals surface area contributed by atoms with E-state index in [1.165, 1.54) is 22.2 Å². The first-order valence-corrected chi connectivity index (χ1v) is 14.5. The molecule has 9 heteroatoms. The Kier molecular flexibility index (Phi) is 8.29. The minimum Gasteiger partial charge on any atom is -0.485 e. The second kappa shape index (κ2) is 11.3. The number of rotatable bonds is 9. The quantitative estimate of drug-likeness (QED) is 0.326. The number of nitrogens with one attached hydrogen (secondary N) is 1. The molecule has 7 nitrogen and oxygen atoms in total. The lowest BCUT2D eigenvalue weighted by atomic mass is 9.69. The van der Waals surface area contributed by atoms with E-state index in [1.54, 1.807) is 11.3 Å². The number of thiophene rings is 1. The second-order valence-corrected chi connectivity index (χ2v) is 12.5. The molecule has 0 aliphatic heterocycles. The van der Waals surface area contributed by atoms with Gasteiger partial charge in [0.2, 0.25) is 5.91 Å². The number of carbonyl (C=O) groups excluding carboxylic acids is 1. The molecule has 1 aliphatic rings. The molecule has 2 aromatic heterocycles. The van der Waals surface area contributed by atoms with E-state index in [0.717, 1.165) is 42.6 Å². The Morgan fingerprint density at radius 1 is 1.35 bits per heavy atom. The summed E-state index contributed by atoms with van der Waals surface area (Å²) in [5.41, 5.74) is 4.30. The van der Waals surface area contributed by atoms with Crippen molar-refractivity contribution in [1.82, 2.24) is 14.8 Å². The lowest BCUT2D eigenvalue weighted by molar-refractivity contribution is -0.113.